The third-order valence-corrected chi connectivity index (χ3v) is 9.19. The molecule has 7 rings (SSSR count). The van der Waals surface area contributed by atoms with Gasteiger partial charge in [0.1, 0.15) is 17.7 Å². The van der Waals surface area contributed by atoms with Crippen LogP contribution in [0.25, 0.3) is 5.65 Å². The Morgan fingerprint density at radius 2 is 2.08 bits per heavy atom. The molecule has 1 saturated carbocycles. The van der Waals surface area contributed by atoms with Gasteiger partial charge in [0.2, 0.25) is 0 Å². The summed E-state index contributed by atoms with van der Waals surface area (Å²) in [5.41, 5.74) is 2.82. The first-order valence-corrected chi connectivity index (χ1v) is 13.8. The lowest BCUT2D eigenvalue weighted by Crippen LogP contribution is -2.49. The molecule has 194 valence electrons. The van der Waals surface area contributed by atoms with Crippen molar-refractivity contribution in [3.63, 3.8) is 0 Å². The molecule has 3 aliphatic heterocycles. The van der Waals surface area contributed by atoms with Gasteiger partial charge >= 0.3 is 0 Å². The first kappa shape index (κ1) is 23.4. The molecule has 0 unspecified atom stereocenters. The van der Waals surface area contributed by atoms with Gasteiger partial charge in [-0.05, 0) is 49.7 Å². The lowest BCUT2D eigenvalue weighted by molar-refractivity contribution is 0.0246. The number of nitrogens with zero attached hydrogens (tertiary/aromatic N) is 5. The van der Waals surface area contributed by atoms with Gasteiger partial charge in [-0.15, -0.1) is 0 Å². The molecule has 5 heterocycles. The average molecular weight is 524 g/mol. The van der Waals surface area contributed by atoms with Crippen LogP contribution in [-0.4, -0.2) is 55.0 Å². The Morgan fingerprint density at radius 3 is 2.86 bits per heavy atom. The highest BCUT2D eigenvalue weighted by Crippen LogP contribution is 2.43. The number of aromatic nitrogens is 3. The Kier molecular flexibility index (Phi) is 5.66. The topological polar surface area (TPSA) is 63.0 Å². The number of hydrogen-bond acceptors (Lipinski definition) is 5. The van der Waals surface area contributed by atoms with Crippen LogP contribution in [0.5, 0.6) is 5.75 Å². The third-order valence-electron chi connectivity index (χ3n) is 8.99. The molecule has 0 spiro atoms. The first-order valence-electron chi connectivity index (χ1n) is 13.5. The molecule has 4 atom stereocenters. The number of amides is 1. The van der Waals surface area contributed by atoms with Crippen molar-refractivity contribution < 1.29 is 13.9 Å². The molecule has 2 aromatic heterocycles. The summed E-state index contributed by atoms with van der Waals surface area (Å²) in [4.78, 5) is 22.5. The van der Waals surface area contributed by atoms with Crippen molar-refractivity contribution >= 4 is 23.2 Å². The minimum absolute atomic E-state index is 0.0140. The Labute approximate surface area is 220 Å². The average Bonchev–Trinajstić information content (AvgIpc) is 3.44. The zero-order valence-corrected chi connectivity index (χ0v) is 21.7. The summed E-state index contributed by atoms with van der Waals surface area (Å²) in [5.74, 6) is 1.25. The number of rotatable bonds is 5. The van der Waals surface area contributed by atoms with E-state index in [0.717, 1.165) is 30.0 Å². The van der Waals surface area contributed by atoms with E-state index >= 15 is 0 Å². The number of benzene rings is 1. The van der Waals surface area contributed by atoms with E-state index < -0.39 is 5.82 Å². The van der Waals surface area contributed by atoms with Crippen LogP contribution in [0, 0.1) is 17.7 Å². The van der Waals surface area contributed by atoms with Crippen LogP contribution in [0.2, 0.25) is 5.02 Å². The Bertz CT molecular complexity index is 1370. The van der Waals surface area contributed by atoms with E-state index in [4.69, 9.17) is 16.3 Å². The van der Waals surface area contributed by atoms with Crippen molar-refractivity contribution in [1.29, 1.82) is 0 Å². The largest absolute Gasteiger partial charge is 0.489 e. The molecule has 0 radical (unpaired) electrons. The van der Waals surface area contributed by atoms with E-state index in [-0.39, 0.29) is 12.0 Å². The maximum absolute atomic E-state index is 14.3. The number of hydrogen-bond donors (Lipinski definition) is 0. The fourth-order valence-electron chi connectivity index (χ4n) is 6.93. The quantitative estimate of drug-likeness (QED) is 0.465. The van der Waals surface area contributed by atoms with Crippen molar-refractivity contribution in [2.75, 3.05) is 6.54 Å². The summed E-state index contributed by atoms with van der Waals surface area (Å²) < 4.78 is 22.5. The highest BCUT2D eigenvalue weighted by molar-refractivity contribution is 6.30. The monoisotopic (exact) mass is 523 g/mol. The fourth-order valence-corrected chi connectivity index (χ4v) is 7.07. The fraction of sp³-hybridized carbons (Fsp3) is 0.536. The van der Waals surface area contributed by atoms with E-state index in [1.807, 2.05) is 0 Å². The molecule has 4 aliphatic rings. The molecule has 3 aromatic rings. The Balaban J connectivity index is 1.09. The lowest BCUT2D eigenvalue weighted by Gasteiger charge is -2.42. The number of carbonyl (C=O) groups is 1. The molecular formula is C28H31ClFN5O2. The van der Waals surface area contributed by atoms with Gasteiger partial charge in [0, 0.05) is 42.9 Å². The van der Waals surface area contributed by atoms with Gasteiger partial charge in [0.15, 0.2) is 5.65 Å². The predicted octanol–water partition coefficient (Wildman–Crippen LogP) is 5.10. The maximum atomic E-state index is 14.3. The molecule has 3 fully saturated rings. The van der Waals surface area contributed by atoms with Gasteiger partial charge in [0.25, 0.3) is 5.91 Å². The van der Waals surface area contributed by atoms with E-state index in [9.17, 15) is 9.18 Å². The van der Waals surface area contributed by atoms with Crippen LogP contribution in [0.4, 0.5) is 4.39 Å². The van der Waals surface area contributed by atoms with E-state index in [1.165, 1.54) is 44.4 Å². The summed E-state index contributed by atoms with van der Waals surface area (Å²) in [5, 5.41) is 5.06. The van der Waals surface area contributed by atoms with Crippen molar-refractivity contribution in [3.05, 3.63) is 58.3 Å². The molecule has 9 heteroatoms. The molecular weight excluding hydrogens is 493 g/mol. The van der Waals surface area contributed by atoms with Gasteiger partial charge < -0.3 is 9.64 Å². The van der Waals surface area contributed by atoms with Crippen LogP contribution in [-0.2, 0) is 13.1 Å². The van der Waals surface area contributed by atoms with Gasteiger partial charge in [-0.1, -0.05) is 24.9 Å². The van der Waals surface area contributed by atoms with Crippen LogP contribution in [0.3, 0.4) is 0 Å². The van der Waals surface area contributed by atoms with Crippen molar-refractivity contribution in [2.45, 2.75) is 76.7 Å². The predicted molar refractivity (Wildman–Crippen MR) is 137 cm³/mol. The van der Waals surface area contributed by atoms with E-state index in [1.54, 1.807) is 27.9 Å². The summed E-state index contributed by atoms with van der Waals surface area (Å²) >= 11 is 6.04. The van der Waals surface area contributed by atoms with Gasteiger partial charge in [-0.25, -0.2) is 13.9 Å². The summed E-state index contributed by atoms with van der Waals surface area (Å²) in [6, 6.07) is 5.27. The Morgan fingerprint density at radius 1 is 1.22 bits per heavy atom. The molecule has 1 aromatic carbocycles. The number of ether oxygens (including phenoxy) is 1. The van der Waals surface area contributed by atoms with Crippen LogP contribution in [0.15, 0.2) is 30.6 Å². The second-order valence-electron chi connectivity index (χ2n) is 11.4. The number of piperidine rings is 1. The van der Waals surface area contributed by atoms with Gasteiger partial charge in [-0.2, -0.15) is 5.10 Å². The lowest BCUT2D eigenvalue weighted by atomic mass is 9.84. The minimum Gasteiger partial charge on any atom is -0.489 e. The summed E-state index contributed by atoms with van der Waals surface area (Å²) in [7, 11) is 0. The molecule has 2 saturated heterocycles. The normalized spacial score (nSPS) is 27.5. The van der Waals surface area contributed by atoms with Crippen LogP contribution < -0.4 is 4.74 Å². The SMILES string of the molecule is C[C@@H]1C[C@H]2C[C@@H](Oc3cc(F)ccc3C(=O)N3Cc4nn5cc(Cl)cnc5c4C3)C[C@@H]1N2CC1CCC1. The Hall–Kier alpha value is -2.71. The number of carbonyl (C=O) groups excluding carboxylic acids is 1. The third kappa shape index (κ3) is 4.09. The molecule has 7 nitrogen and oxygen atoms in total. The molecule has 1 amide bonds. The number of fused-ring (bicyclic) bond motifs is 5. The highest BCUT2D eigenvalue weighted by atomic mass is 35.5. The van der Waals surface area contributed by atoms with Crippen molar-refractivity contribution in [2.24, 2.45) is 11.8 Å². The van der Waals surface area contributed by atoms with Crippen molar-refractivity contribution in [1.82, 2.24) is 24.4 Å². The highest BCUT2D eigenvalue weighted by Gasteiger charge is 2.46. The van der Waals surface area contributed by atoms with E-state index in [0.29, 0.717) is 53.1 Å². The zero-order valence-electron chi connectivity index (χ0n) is 20.9. The number of halogens is 2. The second-order valence-corrected chi connectivity index (χ2v) is 11.8. The smallest absolute Gasteiger partial charge is 0.258 e. The maximum Gasteiger partial charge on any atom is 0.258 e. The minimum atomic E-state index is -0.395. The second kappa shape index (κ2) is 8.95. The van der Waals surface area contributed by atoms with Crippen LogP contribution in [0.1, 0.15) is 67.1 Å². The molecule has 37 heavy (non-hydrogen) atoms. The first-order chi connectivity index (χ1) is 17.9. The van der Waals surface area contributed by atoms with Gasteiger partial charge in [-0.3, -0.25) is 9.69 Å². The van der Waals surface area contributed by atoms with Gasteiger partial charge in [0.05, 0.1) is 35.6 Å². The van der Waals surface area contributed by atoms with Crippen LogP contribution >= 0.6 is 11.6 Å². The molecule has 2 bridgehead atoms. The summed E-state index contributed by atoms with van der Waals surface area (Å²) in [6.45, 7) is 4.32. The molecule has 1 aliphatic carbocycles. The van der Waals surface area contributed by atoms with Crippen molar-refractivity contribution in [3.8, 4) is 5.75 Å². The van der Waals surface area contributed by atoms with E-state index in [2.05, 4.69) is 21.9 Å². The summed E-state index contributed by atoms with van der Waals surface area (Å²) in [6.07, 6.45) is 10.4. The standard InChI is InChI=1S/C28H31ClFN5O2/c1-16-7-20-9-21(10-25(16)34(20)12-17-3-2-4-17)37-26-8-19(30)5-6-22(26)28(36)33-14-23-24(15-33)32-35-13-18(29)11-31-27(23)35/h5-6,8,11,13,16-17,20-21,25H,2-4,7,9-10,12,14-15H2,1H3/t16-,20+,21-,25+/m1/s1. The zero-order chi connectivity index (χ0) is 25.3. The molecule has 0 N–H and O–H groups in total.